The fourth-order valence-electron chi connectivity index (χ4n) is 12.5. The summed E-state index contributed by atoms with van der Waals surface area (Å²) in [7, 11) is 0. The smallest absolute Gasteiger partial charge is 0.333 e. The minimum Gasteiger partial charge on any atom is -0.460 e. The van der Waals surface area contributed by atoms with Crippen LogP contribution >= 0.6 is 0 Å². The van der Waals surface area contributed by atoms with Crippen molar-refractivity contribution >= 4 is 90.5 Å². The van der Waals surface area contributed by atoms with Crippen molar-refractivity contribution in [1.82, 2.24) is 20.4 Å². The highest BCUT2D eigenvalue weighted by atomic mass is 16.6. The Morgan fingerprint density at radius 2 is 0.640 bits per heavy atom. The molecule has 20 heteroatoms. The van der Waals surface area contributed by atoms with E-state index in [-0.39, 0.29) is 177 Å². The number of nitrogens with one attached hydrogen (secondary N) is 2. The van der Waals surface area contributed by atoms with Gasteiger partial charge in [0.1, 0.15) is 71.3 Å². The highest BCUT2D eigenvalue weighted by molar-refractivity contribution is 6.45. The second-order valence-corrected chi connectivity index (χ2v) is 26.2. The molecule has 0 radical (unpaired) electrons. The molecule has 2 heterocycles. The van der Waals surface area contributed by atoms with Crippen molar-refractivity contribution in [2.75, 3.05) is 52.7 Å². The van der Waals surface area contributed by atoms with Gasteiger partial charge in [0.05, 0.1) is 48.7 Å². The molecule has 516 valence electrons. The Balaban J connectivity index is 1.18. The van der Waals surface area contributed by atoms with Crippen molar-refractivity contribution in [1.29, 1.82) is 0 Å². The summed E-state index contributed by atoms with van der Waals surface area (Å²) in [4.78, 5) is 120. The Bertz CT molecular complexity index is 4210. The van der Waals surface area contributed by atoms with Crippen molar-refractivity contribution in [3.8, 4) is 46.0 Å². The van der Waals surface area contributed by atoms with Gasteiger partial charge in [-0.1, -0.05) is 112 Å². The maximum Gasteiger partial charge on any atom is 0.333 e. The number of esters is 2. The fourth-order valence-corrected chi connectivity index (χ4v) is 12.5. The number of nitrogens with zero attached hydrogens (tertiary/aromatic N) is 2. The lowest BCUT2D eigenvalue weighted by molar-refractivity contribution is -0.141. The summed E-state index contributed by atoms with van der Waals surface area (Å²) in [6.45, 7) is 25.4. The molecule has 9 aromatic carbocycles. The molecule has 100 heavy (non-hydrogen) atoms. The highest BCUT2D eigenvalue weighted by Crippen LogP contribution is 2.58. The first kappa shape index (κ1) is 70.4. The number of imide groups is 2. The average Bonchev–Trinajstić information content (AvgIpc) is 0.672. The molecule has 0 spiro atoms. The number of hydrogen-bond acceptors (Lipinski definition) is 16. The van der Waals surface area contributed by atoms with Crippen molar-refractivity contribution < 1.29 is 76.3 Å². The monoisotopic (exact) mass is 1350 g/mol. The molecule has 0 saturated carbocycles. The molecule has 0 aromatic heterocycles. The first-order valence-electron chi connectivity index (χ1n) is 33.3. The van der Waals surface area contributed by atoms with Gasteiger partial charge in [0.2, 0.25) is 11.8 Å². The first-order chi connectivity index (χ1) is 47.9. The van der Waals surface area contributed by atoms with Gasteiger partial charge in [-0.25, -0.2) is 9.59 Å². The number of amides is 6. The molecule has 9 aromatic rings. The standard InChI is InChI=1S/C80H80N4O16/c1-43(2)37-59(73(85)81-29-31-93-33-35-95-79(91)45(5)6)83-75(87)55-39-61(97-51-21-13-47(9)14-22-51)67-69-63(99-53-25-17-49(11)18-26-53)41-57-66-58(78(90)84(77(57)89)60(38-44(3)4)74(86)82-30-32-94-34-36-96-80(92)46(7)8)42-64(100-54-27-19-50(12)20-28-54)70(72(66)69)68-62(98-52-23-15-48(10)16-24-52)40-56(76(83)88)65(55)71(67)68/h13-28,39-44,59-60H,5,7,29-38H2,1-4,6,8-12H3,(H,81,85)(H,82,86). The van der Waals surface area contributed by atoms with E-state index < -0.39 is 59.5 Å². The van der Waals surface area contributed by atoms with Gasteiger partial charge in [-0.15, -0.1) is 0 Å². The summed E-state index contributed by atoms with van der Waals surface area (Å²) >= 11 is 0. The number of ether oxygens (including phenoxy) is 8. The van der Waals surface area contributed by atoms with Crippen LogP contribution in [-0.2, 0) is 38.1 Å². The van der Waals surface area contributed by atoms with Crippen LogP contribution in [0.1, 0.15) is 118 Å². The molecule has 2 aliphatic heterocycles. The molecular weight excluding hydrogens is 1270 g/mol. The van der Waals surface area contributed by atoms with Crippen LogP contribution in [0.4, 0.5) is 0 Å². The Kier molecular flexibility index (Phi) is 21.1. The third-order valence-corrected chi connectivity index (χ3v) is 17.3. The van der Waals surface area contributed by atoms with Gasteiger partial charge >= 0.3 is 11.9 Å². The SMILES string of the molecule is C=C(C)C(=O)OCCOCCNC(=O)C(CC(C)C)N1C(=O)c2cc(Oc3ccc(C)cc3)c3c4c(Oc5ccc(C)cc5)cc5c6c(cc(Oc7ccc(C)cc7)c(c7c(Oc8ccc(C)cc8)cc(c2c37)C1=O)c64)C(=O)N(C(CC(C)C)C(=O)NCCOCCOC(=O)C(=C)C)C5=O. The summed E-state index contributed by atoms with van der Waals surface area (Å²) < 4.78 is 50.2. The van der Waals surface area contributed by atoms with E-state index in [0.717, 1.165) is 32.1 Å². The van der Waals surface area contributed by atoms with E-state index in [1.165, 1.54) is 13.8 Å². The van der Waals surface area contributed by atoms with E-state index in [2.05, 4.69) is 23.8 Å². The number of aryl methyl sites for hydroxylation is 4. The maximum atomic E-state index is 16.1. The van der Waals surface area contributed by atoms with Gasteiger partial charge in [-0.2, -0.15) is 0 Å². The minimum atomic E-state index is -1.36. The van der Waals surface area contributed by atoms with Crippen LogP contribution in [-0.4, -0.2) is 122 Å². The molecule has 2 unspecified atom stereocenters. The van der Waals surface area contributed by atoms with E-state index >= 15 is 19.2 Å². The van der Waals surface area contributed by atoms with E-state index in [9.17, 15) is 19.2 Å². The Hall–Kier alpha value is -11.0. The third kappa shape index (κ3) is 14.7. The molecule has 0 aliphatic carbocycles. The summed E-state index contributed by atoms with van der Waals surface area (Å²) in [5.41, 5.74) is 4.14. The number of hydrogen-bond donors (Lipinski definition) is 2. The van der Waals surface area contributed by atoms with Gasteiger partial charge in [0.15, 0.2) is 0 Å². The average molecular weight is 1350 g/mol. The highest BCUT2D eigenvalue weighted by Gasteiger charge is 2.46. The van der Waals surface area contributed by atoms with Crippen LogP contribution < -0.4 is 29.6 Å². The Morgan fingerprint density at radius 1 is 0.380 bits per heavy atom. The van der Waals surface area contributed by atoms with Gasteiger partial charge in [-0.05, 0) is 139 Å². The molecule has 2 atom stereocenters. The van der Waals surface area contributed by atoms with Crippen LogP contribution in [0.25, 0.3) is 43.1 Å². The zero-order valence-electron chi connectivity index (χ0n) is 57.8. The van der Waals surface area contributed by atoms with E-state index in [1.807, 2.05) is 104 Å². The lowest BCUT2D eigenvalue weighted by atomic mass is 9.80. The lowest BCUT2D eigenvalue weighted by Crippen LogP contribution is -2.54. The minimum absolute atomic E-state index is 0.00465. The molecule has 0 bridgehead atoms. The first-order valence-corrected chi connectivity index (χ1v) is 33.3. The van der Waals surface area contributed by atoms with Crippen LogP contribution in [0.3, 0.4) is 0 Å². The lowest BCUT2D eigenvalue weighted by Gasteiger charge is -2.36. The van der Waals surface area contributed by atoms with Crippen molar-refractivity contribution in [2.45, 2.75) is 94.2 Å². The predicted molar refractivity (Wildman–Crippen MR) is 379 cm³/mol. The molecular formula is C80H80N4O16. The predicted octanol–water partition coefficient (Wildman–Crippen LogP) is 14.7. The topological polar surface area (TPSA) is 241 Å². The Morgan fingerprint density at radius 3 is 0.880 bits per heavy atom. The van der Waals surface area contributed by atoms with Gasteiger partial charge in [-0.3, -0.25) is 38.6 Å². The molecule has 0 fully saturated rings. The second-order valence-electron chi connectivity index (χ2n) is 26.2. The van der Waals surface area contributed by atoms with Crippen molar-refractivity contribution in [2.24, 2.45) is 11.8 Å². The Labute approximate surface area is 579 Å². The van der Waals surface area contributed by atoms with E-state index in [1.54, 1.807) is 72.8 Å². The summed E-state index contributed by atoms with van der Waals surface area (Å²) in [6.07, 6.45) is 0.109. The quantitative estimate of drug-likeness (QED) is 0.0106. The largest absolute Gasteiger partial charge is 0.460 e. The summed E-state index contributed by atoms with van der Waals surface area (Å²) in [6, 6.07) is 32.6. The van der Waals surface area contributed by atoms with Crippen molar-refractivity contribution in [3.05, 3.63) is 190 Å². The second kappa shape index (κ2) is 30.0. The van der Waals surface area contributed by atoms with Crippen LogP contribution in [0.5, 0.6) is 46.0 Å². The molecule has 20 nitrogen and oxygen atoms in total. The molecule has 6 amide bonds. The number of fused-ring (bicyclic) bond motifs is 2. The number of carbonyl (C=O) groups excluding carboxylic acids is 8. The fraction of sp³-hybridized carbons (Fsp3) is 0.300. The molecule has 11 rings (SSSR count). The van der Waals surface area contributed by atoms with Gasteiger partial charge in [0, 0.05) is 67.3 Å². The molecule has 0 saturated heterocycles. The zero-order valence-corrected chi connectivity index (χ0v) is 57.8. The molecule has 2 aliphatic rings. The van der Waals surface area contributed by atoms with E-state index in [0.29, 0.717) is 23.0 Å². The third-order valence-electron chi connectivity index (χ3n) is 17.3. The maximum absolute atomic E-state index is 16.1. The number of benzene rings is 9. The molecule has 2 N–H and O–H groups in total. The number of carbonyl (C=O) groups is 8. The van der Waals surface area contributed by atoms with Crippen LogP contribution in [0.15, 0.2) is 146 Å². The van der Waals surface area contributed by atoms with E-state index in [4.69, 9.17) is 37.9 Å². The van der Waals surface area contributed by atoms with Crippen LogP contribution in [0, 0.1) is 39.5 Å². The summed E-state index contributed by atoms with van der Waals surface area (Å²) in [5.74, 6) is -4.37. The normalized spacial score (nSPS) is 13.4. The number of rotatable bonds is 30. The van der Waals surface area contributed by atoms with Crippen molar-refractivity contribution in [3.63, 3.8) is 0 Å². The van der Waals surface area contributed by atoms with Crippen LogP contribution in [0.2, 0.25) is 0 Å². The van der Waals surface area contributed by atoms with Gasteiger partial charge in [0.25, 0.3) is 23.6 Å². The van der Waals surface area contributed by atoms with Gasteiger partial charge < -0.3 is 48.5 Å². The zero-order chi connectivity index (χ0) is 71.4. The summed E-state index contributed by atoms with van der Waals surface area (Å²) in [5, 5.41) is 7.76.